The smallest absolute Gasteiger partial charge is 0.0148 e. The van der Waals surface area contributed by atoms with Crippen LogP contribution in [0.2, 0.25) is 0 Å². The molecule has 0 heterocycles. The Morgan fingerprint density at radius 2 is 2.11 bits per heavy atom. The fourth-order valence-electron chi connectivity index (χ4n) is 1.86. The van der Waals surface area contributed by atoms with E-state index in [0.29, 0.717) is 0 Å². The Balaban J connectivity index is 2.40. The van der Waals surface area contributed by atoms with Crippen LogP contribution in [-0.2, 0) is 0 Å². The SMILES string of the molecule is CC(Br)C1CCCC1C. The Morgan fingerprint density at radius 1 is 1.44 bits per heavy atom. The van der Waals surface area contributed by atoms with E-state index < -0.39 is 0 Å². The molecule has 0 N–H and O–H groups in total. The largest absolute Gasteiger partial charge is 0.0891 e. The summed E-state index contributed by atoms with van der Waals surface area (Å²) < 4.78 is 0. The van der Waals surface area contributed by atoms with Crippen molar-refractivity contribution in [3.8, 4) is 0 Å². The van der Waals surface area contributed by atoms with Gasteiger partial charge < -0.3 is 0 Å². The summed E-state index contributed by atoms with van der Waals surface area (Å²) in [5.41, 5.74) is 0. The van der Waals surface area contributed by atoms with Crippen LogP contribution < -0.4 is 0 Å². The van der Waals surface area contributed by atoms with E-state index in [1.807, 2.05) is 0 Å². The van der Waals surface area contributed by atoms with Crippen LogP contribution in [0.25, 0.3) is 0 Å². The van der Waals surface area contributed by atoms with Gasteiger partial charge in [-0.25, -0.2) is 0 Å². The maximum atomic E-state index is 3.64. The molecule has 1 aliphatic carbocycles. The van der Waals surface area contributed by atoms with Crippen LogP contribution in [0.5, 0.6) is 0 Å². The first kappa shape index (κ1) is 7.59. The predicted molar refractivity (Wildman–Crippen MR) is 44.9 cm³/mol. The molecule has 0 saturated heterocycles. The van der Waals surface area contributed by atoms with Crippen LogP contribution in [0.3, 0.4) is 0 Å². The van der Waals surface area contributed by atoms with Gasteiger partial charge in [0.15, 0.2) is 0 Å². The molecule has 9 heavy (non-hydrogen) atoms. The molecular weight excluding hydrogens is 176 g/mol. The molecule has 0 aromatic rings. The van der Waals surface area contributed by atoms with Gasteiger partial charge in [-0.15, -0.1) is 0 Å². The van der Waals surface area contributed by atoms with Gasteiger partial charge in [0, 0.05) is 4.83 Å². The van der Waals surface area contributed by atoms with E-state index in [-0.39, 0.29) is 0 Å². The van der Waals surface area contributed by atoms with Gasteiger partial charge >= 0.3 is 0 Å². The number of rotatable bonds is 1. The molecule has 3 unspecified atom stereocenters. The molecule has 0 nitrogen and oxygen atoms in total. The minimum Gasteiger partial charge on any atom is -0.0891 e. The van der Waals surface area contributed by atoms with Crippen molar-refractivity contribution in [3.63, 3.8) is 0 Å². The van der Waals surface area contributed by atoms with Gasteiger partial charge in [-0.05, 0) is 18.3 Å². The highest BCUT2D eigenvalue weighted by atomic mass is 79.9. The zero-order valence-corrected chi connectivity index (χ0v) is 7.82. The summed E-state index contributed by atoms with van der Waals surface area (Å²) in [6.07, 6.45) is 4.33. The number of alkyl halides is 1. The van der Waals surface area contributed by atoms with Gasteiger partial charge in [0.1, 0.15) is 0 Å². The monoisotopic (exact) mass is 190 g/mol. The Morgan fingerprint density at radius 3 is 2.33 bits per heavy atom. The lowest BCUT2D eigenvalue weighted by atomic mass is 9.96. The molecule has 1 rings (SSSR count). The minimum absolute atomic E-state index is 0.731. The highest BCUT2D eigenvalue weighted by Gasteiger charge is 2.26. The molecule has 0 radical (unpaired) electrons. The second-order valence-corrected chi connectivity index (χ2v) is 4.69. The van der Waals surface area contributed by atoms with Crippen molar-refractivity contribution in [2.45, 2.75) is 37.9 Å². The lowest BCUT2D eigenvalue weighted by molar-refractivity contribution is 0.421. The fourth-order valence-corrected chi connectivity index (χ4v) is 2.64. The molecule has 0 spiro atoms. The third-order valence-corrected chi connectivity index (χ3v) is 3.20. The molecule has 3 atom stereocenters. The molecule has 0 aliphatic heterocycles. The van der Waals surface area contributed by atoms with Crippen LogP contribution in [0, 0.1) is 11.8 Å². The molecule has 1 aliphatic rings. The maximum absolute atomic E-state index is 3.64. The molecule has 0 bridgehead atoms. The van der Waals surface area contributed by atoms with Crippen LogP contribution >= 0.6 is 15.9 Å². The average molecular weight is 191 g/mol. The van der Waals surface area contributed by atoms with Crippen LogP contribution in [0.15, 0.2) is 0 Å². The van der Waals surface area contributed by atoms with E-state index in [4.69, 9.17) is 0 Å². The van der Waals surface area contributed by atoms with Crippen LogP contribution in [0.1, 0.15) is 33.1 Å². The summed E-state index contributed by atoms with van der Waals surface area (Å²) in [6, 6.07) is 0. The molecule has 1 heteroatoms. The zero-order chi connectivity index (χ0) is 6.85. The van der Waals surface area contributed by atoms with E-state index in [0.717, 1.165) is 16.7 Å². The summed E-state index contributed by atoms with van der Waals surface area (Å²) in [5.74, 6) is 1.91. The van der Waals surface area contributed by atoms with Crippen molar-refractivity contribution in [3.05, 3.63) is 0 Å². The number of halogens is 1. The third kappa shape index (κ3) is 1.70. The van der Waals surface area contributed by atoms with Gasteiger partial charge in [0.25, 0.3) is 0 Å². The van der Waals surface area contributed by atoms with Crippen molar-refractivity contribution in [1.29, 1.82) is 0 Å². The predicted octanol–water partition coefficient (Wildman–Crippen LogP) is 3.21. The van der Waals surface area contributed by atoms with Crippen molar-refractivity contribution in [2.75, 3.05) is 0 Å². The van der Waals surface area contributed by atoms with Crippen LogP contribution in [0.4, 0.5) is 0 Å². The lowest BCUT2D eigenvalue weighted by Gasteiger charge is -2.17. The van der Waals surface area contributed by atoms with E-state index in [1.165, 1.54) is 19.3 Å². The van der Waals surface area contributed by atoms with Crippen molar-refractivity contribution in [2.24, 2.45) is 11.8 Å². The molecular formula is C8H15Br. The molecule has 0 aromatic carbocycles. The fraction of sp³-hybridized carbons (Fsp3) is 1.00. The van der Waals surface area contributed by atoms with Crippen molar-refractivity contribution in [1.82, 2.24) is 0 Å². The number of hydrogen-bond acceptors (Lipinski definition) is 0. The summed E-state index contributed by atoms with van der Waals surface area (Å²) in [7, 11) is 0. The minimum atomic E-state index is 0.731. The Kier molecular flexibility index (Phi) is 2.57. The quantitative estimate of drug-likeness (QED) is 0.558. The summed E-state index contributed by atoms with van der Waals surface area (Å²) in [6.45, 7) is 4.64. The van der Waals surface area contributed by atoms with Gasteiger partial charge in [0.2, 0.25) is 0 Å². The molecule has 0 aromatic heterocycles. The summed E-state index contributed by atoms with van der Waals surface area (Å²) in [5, 5.41) is 0. The first-order valence-corrected chi connectivity index (χ1v) is 4.77. The van der Waals surface area contributed by atoms with Gasteiger partial charge in [-0.2, -0.15) is 0 Å². The summed E-state index contributed by atoms with van der Waals surface area (Å²) in [4.78, 5) is 0.731. The average Bonchev–Trinajstić information content (AvgIpc) is 2.13. The standard InChI is InChI=1S/C8H15Br/c1-6-4-3-5-8(6)7(2)9/h6-8H,3-5H2,1-2H3. The second kappa shape index (κ2) is 3.05. The Hall–Kier alpha value is 0.480. The number of hydrogen-bond donors (Lipinski definition) is 0. The highest BCUT2D eigenvalue weighted by Crippen LogP contribution is 2.36. The normalized spacial score (nSPS) is 39.0. The molecule has 1 fully saturated rings. The first-order chi connectivity index (χ1) is 4.22. The van der Waals surface area contributed by atoms with E-state index in [1.54, 1.807) is 0 Å². The molecule has 1 saturated carbocycles. The maximum Gasteiger partial charge on any atom is 0.0148 e. The van der Waals surface area contributed by atoms with Gasteiger partial charge in [0.05, 0.1) is 0 Å². The Bertz CT molecular complexity index is 88.6. The topological polar surface area (TPSA) is 0 Å². The lowest BCUT2D eigenvalue weighted by Crippen LogP contribution is -2.12. The molecule has 0 amide bonds. The van der Waals surface area contributed by atoms with E-state index in [2.05, 4.69) is 29.8 Å². The van der Waals surface area contributed by atoms with Crippen LogP contribution in [-0.4, -0.2) is 4.83 Å². The third-order valence-electron chi connectivity index (χ3n) is 2.52. The highest BCUT2D eigenvalue weighted by molar-refractivity contribution is 9.09. The van der Waals surface area contributed by atoms with Gasteiger partial charge in [-0.1, -0.05) is 42.6 Å². The van der Waals surface area contributed by atoms with Crippen molar-refractivity contribution < 1.29 is 0 Å². The Labute approximate surface area is 66.2 Å². The van der Waals surface area contributed by atoms with Gasteiger partial charge in [-0.3, -0.25) is 0 Å². The zero-order valence-electron chi connectivity index (χ0n) is 6.23. The second-order valence-electron chi connectivity index (χ2n) is 3.25. The summed E-state index contributed by atoms with van der Waals surface area (Å²) >= 11 is 3.64. The van der Waals surface area contributed by atoms with E-state index in [9.17, 15) is 0 Å². The molecule has 54 valence electrons. The first-order valence-electron chi connectivity index (χ1n) is 3.86. The van der Waals surface area contributed by atoms with E-state index >= 15 is 0 Å². The van der Waals surface area contributed by atoms with Crippen molar-refractivity contribution >= 4 is 15.9 Å².